The third-order valence-electron chi connectivity index (χ3n) is 3.02. The van der Waals surface area contributed by atoms with E-state index in [1.54, 1.807) is 7.05 Å². The van der Waals surface area contributed by atoms with Crippen molar-refractivity contribution < 1.29 is 13.2 Å². The standard InChI is InChI=1S/C10H15BrClN3O3S/c1-7-6-18-8(3-11)5-15(7)19(16,17)10-9(12)4-13-14(10)2/h4,7-8H,3,5-6H2,1-2H3. The third-order valence-corrected chi connectivity index (χ3v) is 6.23. The fourth-order valence-electron chi connectivity index (χ4n) is 2.02. The van der Waals surface area contributed by atoms with Crippen LogP contribution in [0.1, 0.15) is 6.92 Å². The molecular weight excluding hydrogens is 358 g/mol. The van der Waals surface area contributed by atoms with Crippen molar-refractivity contribution in [2.45, 2.75) is 24.1 Å². The number of aromatic nitrogens is 2. The van der Waals surface area contributed by atoms with Gasteiger partial charge in [-0.25, -0.2) is 8.42 Å². The van der Waals surface area contributed by atoms with Crippen LogP contribution in [0.5, 0.6) is 0 Å². The predicted molar refractivity (Wildman–Crippen MR) is 75.1 cm³/mol. The zero-order valence-corrected chi connectivity index (χ0v) is 13.7. The van der Waals surface area contributed by atoms with E-state index in [2.05, 4.69) is 21.0 Å². The first-order valence-electron chi connectivity index (χ1n) is 5.74. The van der Waals surface area contributed by atoms with Gasteiger partial charge in [0.2, 0.25) is 0 Å². The number of nitrogens with zero attached hydrogens (tertiary/aromatic N) is 3. The summed E-state index contributed by atoms with van der Waals surface area (Å²) in [6.07, 6.45) is 1.18. The summed E-state index contributed by atoms with van der Waals surface area (Å²) in [5.41, 5.74) is 0. The van der Waals surface area contributed by atoms with Gasteiger partial charge in [-0.1, -0.05) is 27.5 Å². The second-order valence-electron chi connectivity index (χ2n) is 4.45. The maximum atomic E-state index is 12.7. The Kier molecular flexibility index (Phi) is 4.56. The fraction of sp³-hybridized carbons (Fsp3) is 0.700. The summed E-state index contributed by atoms with van der Waals surface area (Å²) in [7, 11) is -2.11. The third kappa shape index (κ3) is 2.82. The lowest BCUT2D eigenvalue weighted by Gasteiger charge is -2.36. The van der Waals surface area contributed by atoms with Crippen LogP contribution in [0.3, 0.4) is 0 Å². The van der Waals surface area contributed by atoms with Crippen LogP contribution < -0.4 is 0 Å². The average molecular weight is 373 g/mol. The molecule has 0 saturated carbocycles. The monoisotopic (exact) mass is 371 g/mol. The summed E-state index contributed by atoms with van der Waals surface area (Å²) < 4.78 is 33.6. The fourth-order valence-corrected chi connectivity index (χ4v) is 4.67. The number of aryl methyl sites for hydroxylation is 1. The Balaban J connectivity index is 2.38. The number of rotatable bonds is 3. The minimum absolute atomic E-state index is 0.0243. The molecule has 9 heteroatoms. The molecule has 1 saturated heterocycles. The Labute approximate surface area is 125 Å². The number of alkyl halides is 1. The van der Waals surface area contributed by atoms with Crippen molar-refractivity contribution in [2.75, 3.05) is 18.5 Å². The molecule has 0 aliphatic carbocycles. The van der Waals surface area contributed by atoms with Gasteiger partial charge in [-0.15, -0.1) is 0 Å². The van der Waals surface area contributed by atoms with Crippen LogP contribution in [0, 0.1) is 0 Å². The highest BCUT2D eigenvalue weighted by atomic mass is 79.9. The zero-order chi connectivity index (χ0) is 14.2. The van der Waals surface area contributed by atoms with E-state index >= 15 is 0 Å². The van der Waals surface area contributed by atoms with Crippen LogP contribution in [0.25, 0.3) is 0 Å². The molecule has 108 valence electrons. The minimum Gasteiger partial charge on any atom is -0.374 e. The maximum absolute atomic E-state index is 12.7. The molecule has 1 fully saturated rings. The summed E-state index contributed by atoms with van der Waals surface area (Å²) in [5.74, 6) is 0. The van der Waals surface area contributed by atoms with Gasteiger partial charge in [0, 0.05) is 25.0 Å². The molecule has 1 aromatic rings. The lowest BCUT2D eigenvalue weighted by atomic mass is 10.2. The van der Waals surface area contributed by atoms with Crippen molar-refractivity contribution in [3.05, 3.63) is 11.2 Å². The second kappa shape index (κ2) is 5.69. The Hall–Kier alpha value is -0.150. The number of hydrogen-bond donors (Lipinski definition) is 0. The van der Waals surface area contributed by atoms with Gasteiger partial charge in [0.15, 0.2) is 5.03 Å². The molecule has 0 N–H and O–H groups in total. The van der Waals surface area contributed by atoms with Gasteiger partial charge in [-0.3, -0.25) is 4.68 Å². The molecule has 6 nitrogen and oxygen atoms in total. The van der Waals surface area contributed by atoms with Gasteiger partial charge in [-0.05, 0) is 6.92 Å². The summed E-state index contributed by atoms with van der Waals surface area (Å²) >= 11 is 9.25. The van der Waals surface area contributed by atoms with Crippen LogP contribution in [-0.4, -0.2) is 53.1 Å². The van der Waals surface area contributed by atoms with Crippen molar-refractivity contribution in [3.8, 4) is 0 Å². The maximum Gasteiger partial charge on any atom is 0.262 e. The molecule has 1 aliphatic heterocycles. The van der Waals surface area contributed by atoms with Gasteiger partial charge in [0.1, 0.15) is 0 Å². The molecule has 1 aromatic heterocycles. The molecular formula is C10H15BrClN3O3S. The van der Waals surface area contributed by atoms with Crippen molar-refractivity contribution in [2.24, 2.45) is 7.05 Å². The molecule has 0 spiro atoms. The average Bonchev–Trinajstić information content (AvgIpc) is 2.70. The normalized spacial score (nSPS) is 25.7. The number of hydrogen-bond acceptors (Lipinski definition) is 4. The molecule has 0 bridgehead atoms. The topological polar surface area (TPSA) is 64.4 Å². The largest absolute Gasteiger partial charge is 0.374 e. The van der Waals surface area contributed by atoms with Crippen molar-refractivity contribution in [1.29, 1.82) is 0 Å². The highest BCUT2D eigenvalue weighted by Gasteiger charge is 2.38. The van der Waals surface area contributed by atoms with Gasteiger partial charge in [0.05, 0.1) is 23.9 Å². The van der Waals surface area contributed by atoms with Gasteiger partial charge in [0.25, 0.3) is 10.0 Å². The quantitative estimate of drug-likeness (QED) is 0.749. The van der Waals surface area contributed by atoms with Crippen molar-refractivity contribution in [1.82, 2.24) is 14.1 Å². The van der Waals surface area contributed by atoms with E-state index in [1.807, 2.05) is 6.92 Å². The Morgan fingerprint density at radius 2 is 2.32 bits per heavy atom. The Morgan fingerprint density at radius 3 is 2.84 bits per heavy atom. The van der Waals surface area contributed by atoms with Gasteiger partial charge >= 0.3 is 0 Å². The summed E-state index contributed by atoms with van der Waals surface area (Å²) in [4.78, 5) is 0. The van der Waals surface area contributed by atoms with Crippen LogP contribution >= 0.6 is 27.5 Å². The first-order chi connectivity index (χ1) is 8.87. The molecule has 2 heterocycles. The minimum atomic E-state index is -3.67. The van der Waals surface area contributed by atoms with E-state index in [-0.39, 0.29) is 22.2 Å². The van der Waals surface area contributed by atoms with E-state index < -0.39 is 10.0 Å². The van der Waals surface area contributed by atoms with Crippen LogP contribution in [-0.2, 0) is 21.8 Å². The predicted octanol–water partition coefficient (Wildman–Crippen LogP) is 1.25. The Bertz CT molecular complexity index is 543. The first kappa shape index (κ1) is 15.2. The van der Waals surface area contributed by atoms with E-state index in [0.717, 1.165) is 0 Å². The molecule has 2 unspecified atom stereocenters. The van der Waals surface area contributed by atoms with Crippen LogP contribution in [0.2, 0.25) is 5.02 Å². The highest BCUT2D eigenvalue weighted by molar-refractivity contribution is 9.09. The first-order valence-corrected chi connectivity index (χ1v) is 8.68. The summed E-state index contributed by atoms with van der Waals surface area (Å²) in [6.45, 7) is 2.48. The molecule has 1 aliphatic rings. The number of ether oxygens (including phenoxy) is 1. The van der Waals surface area contributed by atoms with Gasteiger partial charge < -0.3 is 4.74 Å². The molecule has 0 radical (unpaired) electrons. The zero-order valence-electron chi connectivity index (χ0n) is 10.6. The van der Waals surface area contributed by atoms with E-state index in [0.29, 0.717) is 18.5 Å². The summed E-state index contributed by atoms with van der Waals surface area (Å²) in [6, 6.07) is -0.230. The van der Waals surface area contributed by atoms with E-state index in [4.69, 9.17) is 16.3 Å². The molecule has 0 aromatic carbocycles. The molecule has 0 amide bonds. The Morgan fingerprint density at radius 1 is 1.63 bits per heavy atom. The highest BCUT2D eigenvalue weighted by Crippen LogP contribution is 2.27. The molecule has 2 atom stereocenters. The van der Waals surface area contributed by atoms with E-state index in [9.17, 15) is 8.42 Å². The number of sulfonamides is 1. The number of morpholine rings is 1. The van der Waals surface area contributed by atoms with E-state index in [1.165, 1.54) is 15.2 Å². The van der Waals surface area contributed by atoms with Crippen molar-refractivity contribution >= 4 is 37.6 Å². The van der Waals surface area contributed by atoms with Crippen LogP contribution in [0.4, 0.5) is 0 Å². The molecule has 19 heavy (non-hydrogen) atoms. The van der Waals surface area contributed by atoms with Gasteiger partial charge in [-0.2, -0.15) is 9.40 Å². The summed E-state index contributed by atoms with van der Waals surface area (Å²) in [5, 5.41) is 4.63. The number of halogens is 2. The SMILES string of the molecule is CC1COC(CBr)CN1S(=O)(=O)c1c(Cl)cnn1C. The lowest BCUT2D eigenvalue weighted by Crippen LogP contribution is -2.51. The van der Waals surface area contributed by atoms with Crippen molar-refractivity contribution in [3.63, 3.8) is 0 Å². The second-order valence-corrected chi connectivity index (χ2v) is 7.32. The lowest BCUT2D eigenvalue weighted by molar-refractivity contribution is -0.0140. The van der Waals surface area contributed by atoms with Crippen LogP contribution in [0.15, 0.2) is 11.2 Å². The smallest absolute Gasteiger partial charge is 0.262 e. The molecule has 2 rings (SSSR count).